The Bertz CT molecular complexity index is 2910. The molecule has 0 aromatic heterocycles. The molecule has 0 saturated heterocycles. The fraction of sp³-hybridized carbons (Fsp3) is 0. The van der Waals surface area contributed by atoms with E-state index >= 15 is 0 Å². The minimum Gasteiger partial charge on any atom is -0.309 e. The molecule has 0 aliphatic rings. The average molecular weight is 808 g/mol. The molecular formula is C60H45NSi. The van der Waals surface area contributed by atoms with Crippen LogP contribution in [0.5, 0.6) is 0 Å². The van der Waals surface area contributed by atoms with Crippen LogP contribution in [0.3, 0.4) is 0 Å². The van der Waals surface area contributed by atoms with Crippen molar-refractivity contribution in [2.24, 2.45) is 0 Å². The third-order valence-electron chi connectivity index (χ3n) is 12.1. The van der Waals surface area contributed by atoms with Crippen LogP contribution in [0.15, 0.2) is 273 Å². The zero-order valence-corrected chi connectivity index (χ0v) is 35.4. The van der Waals surface area contributed by atoms with Crippen molar-refractivity contribution in [3.8, 4) is 44.5 Å². The van der Waals surface area contributed by atoms with Crippen molar-refractivity contribution in [2.45, 2.75) is 0 Å². The lowest BCUT2D eigenvalue weighted by atomic mass is 9.95. The number of hydrogen-bond acceptors (Lipinski definition) is 1. The van der Waals surface area contributed by atoms with E-state index in [4.69, 9.17) is 0 Å². The van der Waals surface area contributed by atoms with Gasteiger partial charge < -0.3 is 4.90 Å². The van der Waals surface area contributed by atoms with Gasteiger partial charge in [-0.15, -0.1) is 0 Å². The lowest BCUT2D eigenvalue weighted by Gasteiger charge is -2.34. The minimum atomic E-state index is -2.63. The van der Waals surface area contributed by atoms with E-state index < -0.39 is 8.07 Å². The third kappa shape index (κ3) is 7.38. The number of rotatable bonds is 11. The first kappa shape index (κ1) is 38.4. The van der Waals surface area contributed by atoms with Gasteiger partial charge in [-0.3, -0.25) is 0 Å². The Morgan fingerprint density at radius 1 is 0.226 bits per heavy atom. The Morgan fingerprint density at radius 3 is 1.05 bits per heavy atom. The van der Waals surface area contributed by atoms with Crippen molar-refractivity contribution in [1.82, 2.24) is 0 Å². The third-order valence-corrected chi connectivity index (χ3v) is 16.9. The first-order valence-corrected chi connectivity index (χ1v) is 23.3. The summed E-state index contributed by atoms with van der Waals surface area (Å²) in [5.74, 6) is 0. The van der Waals surface area contributed by atoms with Gasteiger partial charge in [0.05, 0.1) is 11.4 Å². The fourth-order valence-electron chi connectivity index (χ4n) is 9.11. The molecule has 10 rings (SSSR count). The van der Waals surface area contributed by atoms with Crippen LogP contribution in [-0.2, 0) is 0 Å². The number of hydrogen-bond donors (Lipinski definition) is 0. The van der Waals surface area contributed by atoms with Gasteiger partial charge in [0.2, 0.25) is 0 Å². The van der Waals surface area contributed by atoms with Crippen LogP contribution in [0.4, 0.5) is 17.1 Å². The second-order valence-electron chi connectivity index (χ2n) is 15.7. The van der Waals surface area contributed by atoms with Gasteiger partial charge in [0.15, 0.2) is 8.07 Å². The minimum absolute atomic E-state index is 1.08. The summed E-state index contributed by atoms with van der Waals surface area (Å²) in [4.78, 5) is 2.45. The smallest absolute Gasteiger partial charge is 0.179 e. The highest BCUT2D eigenvalue weighted by Gasteiger charge is 2.41. The molecule has 0 aliphatic carbocycles. The monoisotopic (exact) mass is 807 g/mol. The molecule has 0 heterocycles. The highest BCUT2D eigenvalue weighted by atomic mass is 28.3. The number of benzene rings is 10. The molecule has 62 heavy (non-hydrogen) atoms. The summed E-state index contributed by atoms with van der Waals surface area (Å²) in [5.41, 5.74) is 12.7. The largest absolute Gasteiger partial charge is 0.309 e. The van der Waals surface area contributed by atoms with E-state index in [-0.39, 0.29) is 0 Å². The Morgan fingerprint density at radius 2 is 0.565 bits per heavy atom. The van der Waals surface area contributed by atoms with Crippen LogP contribution in [0, 0.1) is 0 Å². The number of anilines is 3. The van der Waals surface area contributed by atoms with Crippen molar-refractivity contribution >= 4 is 45.9 Å². The van der Waals surface area contributed by atoms with Crippen LogP contribution in [0.2, 0.25) is 0 Å². The van der Waals surface area contributed by atoms with Crippen molar-refractivity contribution < 1.29 is 0 Å². The Labute approximate surface area is 366 Å². The van der Waals surface area contributed by atoms with Gasteiger partial charge in [0.1, 0.15) is 0 Å². The van der Waals surface area contributed by atoms with Gasteiger partial charge in [0.25, 0.3) is 0 Å². The molecule has 0 radical (unpaired) electrons. The van der Waals surface area contributed by atoms with Gasteiger partial charge in [-0.2, -0.15) is 0 Å². The van der Waals surface area contributed by atoms with Crippen LogP contribution in [-0.4, -0.2) is 8.07 Å². The SMILES string of the molecule is c1ccc(-c2ccc(-c3ccccc3)c(N(c3ccc(-c4ccc([Si](c5ccccc5)(c5ccccc5)c5ccccc5)cc4)cc3)c3ccccc3-c3ccccc3)c2)cc1. The van der Waals surface area contributed by atoms with Gasteiger partial charge in [-0.25, -0.2) is 0 Å². The first-order valence-electron chi connectivity index (χ1n) is 21.3. The van der Waals surface area contributed by atoms with Crippen molar-refractivity contribution in [1.29, 1.82) is 0 Å². The molecule has 0 N–H and O–H groups in total. The standard InChI is InChI=1S/C60H45NSi/c1-7-21-46(22-8-1)51-39-44-58(50-25-11-3-12-26-50)60(45-51)61(59-34-20-19-33-57(59)49-23-9-2-10-24-49)52-40-35-47(36-41-52)48-37-42-56(43-38-48)62(53-27-13-4-14-28-53,54-29-15-5-16-30-54)55-31-17-6-18-32-55/h1-45H. The second kappa shape index (κ2) is 17.4. The highest BCUT2D eigenvalue weighted by molar-refractivity contribution is 7.19. The molecule has 0 saturated carbocycles. The summed E-state index contributed by atoms with van der Waals surface area (Å²) in [6.45, 7) is 0. The van der Waals surface area contributed by atoms with E-state index in [1.807, 2.05) is 0 Å². The molecule has 0 atom stereocenters. The topological polar surface area (TPSA) is 3.24 Å². The van der Waals surface area contributed by atoms with E-state index in [9.17, 15) is 0 Å². The lowest BCUT2D eigenvalue weighted by Crippen LogP contribution is -2.74. The molecule has 0 spiro atoms. The normalized spacial score (nSPS) is 11.2. The molecule has 0 bridgehead atoms. The van der Waals surface area contributed by atoms with Crippen LogP contribution in [0.25, 0.3) is 44.5 Å². The second-order valence-corrected chi connectivity index (χ2v) is 19.5. The maximum absolute atomic E-state index is 2.63. The van der Waals surface area contributed by atoms with Crippen molar-refractivity contribution in [3.05, 3.63) is 273 Å². The molecule has 0 aliphatic heterocycles. The molecule has 0 fully saturated rings. The molecule has 0 amide bonds. The Kier molecular flexibility index (Phi) is 10.8. The van der Waals surface area contributed by atoms with Gasteiger partial charge in [-0.1, -0.05) is 249 Å². The van der Waals surface area contributed by atoms with E-state index in [0.717, 1.165) is 22.6 Å². The highest BCUT2D eigenvalue weighted by Crippen LogP contribution is 2.46. The summed E-state index contributed by atoms with van der Waals surface area (Å²) in [6.07, 6.45) is 0. The zero-order valence-electron chi connectivity index (χ0n) is 34.4. The zero-order chi connectivity index (χ0) is 41.6. The fourth-order valence-corrected chi connectivity index (χ4v) is 13.9. The molecule has 1 nitrogen and oxygen atoms in total. The average Bonchev–Trinajstić information content (AvgIpc) is 3.37. The summed E-state index contributed by atoms with van der Waals surface area (Å²) in [6, 6.07) is 99.7. The number of para-hydroxylation sites is 1. The summed E-state index contributed by atoms with van der Waals surface area (Å²) >= 11 is 0. The molecule has 2 heteroatoms. The molecule has 10 aromatic rings. The first-order chi connectivity index (χ1) is 30.8. The maximum Gasteiger partial charge on any atom is 0.179 e. The van der Waals surface area contributed by atoms with Gasteiger partial charge >= 0.3 is 0 Å². The Hall–Kier alpha value is -7.78. The number of nitrogens with zero attached hydrogens (tertiary/aromatic N) is 1. The molecular weight excluding hydrogens is 763 g/mol. The summed E-state index contributed by atoms with van der Waals surface area (Å²) < 4.78 is 0. The predicted octanol–water partition coefficient (Wildman–Crippen LogP) is 13.2. The summed E-state index contributed by atoms with van der Waals surface area (Å²) in [5, 5.41) is 5.47. The molecule has 294 valence electrons. The van der Waals surface area contributed by atoms with Crippen LogP contribution >= 0.6 is 0 Å². The predicted molar refractivity (Wildman–Crippen MR) is 266 cm³/mol. The van der Waals surface area contributed by atoms with Crippen LogP contribution in [0.1, 0.15) is 0 Å². The van der Waals surface area contributed by atoms with E-state index in [0.29, 0.717) is 0 Å². The van der Waals surface area contributed by atoms with Gasteiger partial charge in [-0.05, 0) is 78.4 Å². The van der Waals surface area contributed by atoms with Crippen molar-refractivity contribution in [2.75, 3.05) is 4.90 Å². The quantitative estimate of drug-likeness (QED) is 0.0929. The lowest BCUT2D eigenvalue weighted by molar-refractivity contribution is 1.28. The molecule has 10 aromatic carbocycles. The maximum atomic E-state index is 2.45. The summed E-state index contributed by atoms with van der Waals surface area (Å²) in [7, 11) is -2.63. The molecule has 0 unspecified atom stereocenters. The van der Waals surface area contributed by atoms with E-state index in [1.165, 1.54) is 59.7 Å². The van der Waals surface area contributed by atoms with Crippen molar-refractivity contribution in [3.63, 3.8) is 0 Å². The van der Waals surface area contributed by atoms with E-state index in [2.05, 4.69) is 278 Å². The van der Waals surface area contributed by atoms with E-state index in [1.54, 1.807) is 0 Å². The Balaban J connectivity index is 1.11. The van der Waals surface area contributed by atoms with Crippen LogP contribution < -0.4 is 25.6 Å². The van der Waals surface area contributed by atoms with Gasteiger partial charge in [0, 0.05) is 16.8 Å².